The van der Waals surface area contributed by atoms with Crippen molar-refractivity contribution in [1.29, 1.82) is 0 Å². The van der Waals surface area contributed by atoms with Gasteiger partial charge in [0.1, 0.15) is 5.78 Å². The van der Waals surface area contributed by atoms with Gasteiger partial charge in [0, 0.05) is 6.42 Å². The highest BCUT2D eigenvalue weighted by molar-refractivity contribution is 5.88. The minimum atomic E-state index is -0.650. The minimum absolute atomic E-state index is 0.282. The molecule has 1 N–H and O–H groups in total. The number of rotatable bonds is 0. The first kappa shape index (κ1) is 8.24. The van der Waals surface area contributed by atoms with Gasteiger partial charge in [0.15, 0.2) is 0 Å². The van der Waals surface area contributed by atoms with E-state index in [4.69, 9.17) is 0 Å². The Balaban J connectivity index is 2.35. The molecule has 0 aromatic carbocycles. The summed E-state index contributed by atoms with van der Waals surface area (Å²) in [4.78, 5) is 11.6. The molecule has 2 saturated carbocycles. The maximum Gasteiger partial charge on any atom is 0.141 e. The molecule has 2 rings (SSSR count). The lowest BCUT2D eigenvalue weighted by Gasteiger charge is -2.42. The first-order valence-corrected chi connectivity index (χ1v) is 4.84. The molecule has 0 aromatic heterocycles. The maximum absolute atomic E-state index is 11.6. The van der Waals surface area contributed by atoms with Crippen LogP contribution in [0.2, 0.25) is 0 Å². The Kier molecular flexibility index (Phi) is 1.59. The summed E-state index contributed by atoms with van der Waals surface area (Å²) in [5.74, 6) is 0.282. The number of hydrogen-bond acceptors (Lipinski definition) is 2. The van der Waals surface area contributed by atoms with Crippen LogP contribution >= 0.6 is 0 Å². The monoisotopic (exact) mass is 168 g/mol. The quantitative estimate of drug-likeness (QED) is 0.597. The molecule has 2 nitrogen and oxygen atoms in total. The summed E-state index contributed by atoms with van der Waals surface area (Å²) < 4.78 is 0. The van der Waals surface area contributed by atoms with Crippen molar-refractivity contribution in [2.45, 2.75) is 51.0 Å². The number of ketones is 1. The molecule has 2 atom stereocenters. The molecular weight excluding hydrogens is 152 g/mol. The minimum Gasteiger partial charge on any atom is -0.389 e. The van der Waals surface area contributed by atoms with Crippen molar-refractivity contribution in [1.82, 2.24) is 0 Å². The van der Waals surface area contributed by atoms with Gasteiger partial charge in [0.2, 0.25) is 0 Å². The van der Waals surface area contributed by atoms with Crippen molar-refractivity contribution in [3.63, 3.8) is 0 Å². The number of Topliss-reactive ketones (excluding diaryl/α,β-unsaturated/α-hetero) is 1. The Bertz CT molecular complexity index is 224. The SMILES string of the molecule is C[C@]12CCCC[C@@]1(O)CCC2=O. The molecule has 0 unspecified atom stereocenters. The van der Waals surface area contributed by atoms with Crippen LogP contribution in [-0.4, -0.2) is 16.5 Å². The van der Waals surface area contributed by atoms with Crippen LogP contribution in [0.3, 0.4) is 0 Å². The smallest absolute Gasteiger partial charge is 0.141 e. The van der Waals surface area contributed by atoms with E-state index in [0.29, 0.717) is 12.8 Å². The Labute approximate surface area is 73.0 Å². The zero-order valence-electron chi connectivity index (χ0n) is 7.60. The summed E-state index contributed by atoms with van der Waals surface area (Å²) in [7, 11) is 0. The average Bonchev–Trinajstić information content (AvgIpc) is 2.28. The first-order chi connectivity index (χ1) is 5.58. The molecule has 0 saturated heterocycles. The molecule has 0 aliphatic heterocycles. The van der Waals surface area contributed by atoms with Crippen molar-refractivity contribution in [2.24, 2.45) is 5.41 Å². The molecule has 2 heteroatoms. The van der Waals surface area contributed by atoms with E-state index in [-0.39, 0.29) is 5.78 Å². The molecule has 0 bridgehead atoms. The van der Waals surface area contributed by atoms with E-state index >= 15 is 0 Å². The van der Waals surface area contributed by atoms with Gasteiger partial charge < -0.3 is 5.11 Å². The molecule has 0 amide bonds. The fraction of sp³-hybridized carbons (Fsp3) is 0.900. The van der Waals surface area contributed by atoms with Crippen LogP contribution in [0.4, 0.5) is 0 Å². The summed E-state index contributed by atoms with van der Waals surface area (Å²) >= 11 is 0. The number of carbonyl (C=O) groups excluding carboxylic acids is 1. The summed E-state index contributed by atoms with van der Waals surface area (Å²) in [6.07, 6.45) is 5.19. The molecule has 68 valence electrons. The van der Waals surface area contributed by atoms with Crippen LogP contribution in [-0.2, 0) is 4.79 Å². The third-order valence-corrected chi connectivity index (χ3v) is 3.93. The second-order valence-corrected chi connectivity index (χ2v) is 4.49. The van der Waals surface area contributed by atoms with Crippen LogP contribution in [0.1, 0.15) is 45.4 Å². The molecule has 2 aliphatic rings. The van der Waals surface area contributed by atoms with Gasteiger partial charge in [-0.15, -0.1) is 0 Å². The van der Waals surface area contributed by atoms with Gasteiger partial charge in [0.05, 0.1) is 11.0 Å². The third kappa shape index (κ3) is 0.817. The van der Waals surface area contributed by atoms with Crippen LogP contribution in [0.25, 0.3) is 0 Å². The Morgan fingerprint density at radius 3 is 2.58 bits per heavy atom. The highest BCUT2D eigenvalue weighted by atomic mass is 16.3. The summed E-state index contributed by atoms with van der Waals surface area (Å²) in [5.41, 5.74) is -1.05. The fourth-order valence-electron chi connectivity index (χ4n) is 2.80. The van der Waals surface area contributed by atoms with Gasteiger partial charge in [-0.2, -0.15) is 0 Å². The van der Waals surface area contributed by atoms with Crippen LogP contribution in [0.5, 0.6) is 0 Å². The largest absolute Gasteiger partial charge is 0.389 e. The van der Waals surface area contributed by atoms with Crippen LogP contribution in [0, 0.1) is 5.41 Å². The predicted molar refractivity (Wildman–Crippen MR) is 45.8 cm³/mol. The van der Waals surface area contributed by atoms with Gasteiger partial charge in [-0.1, -0.05) is 12.8 Å². The fourth-order valence-corrected chi connectivity index (χ4v) is 2.80. The highest BCUT2D eigenvalue weighted by Gasteiger charge is 2.56. The standard InChI is InChI=1S/C10H16O2/c1-9-5-2-3-6-10(9,12)7-4-8(9)11/h12H,2-7H2,1H3/t9-,10-/m1/s1. The van der Waals surface area contributed by atoms with Crippen molar-refractivity contribution in [3.05, 3.63) is 0 Å². The summed E-state index contributed by atoms with van der Waals surface area (Å²) in [5, 5.41) is 10.2. The van der Waals surface area contributed by atoms with Crippen molar-refractivity contribution >= 4 is 5.78 Å². The normalized spacial score (nSPS) is 47.7. The topological polar surface area (TPSA) is 37.3 Å². The van der Waals surface area contributed by atoms with Gasteiger partial charge in [-0.25, -0.2) is 0 Å². The lowest BCUT2D eigenvalue weighted by atomic mass is 9.66. The van der Waals surface area contributed by atoms with E-state index < -0.39 is 11.0 Å². The number of hydrogen-bond donors (Lipinski definition) is 1. The van der Waals surface area contributed by atoms with E-state index in [2.05, 4.69) is 0 Å². The highest BCUT2D eigenvalue weighted by Crippen LogP contribution is 2.52. The lowest BCUT2D eigenvalue weighted by Crippen LogP contribution is -2.47. The zero-order valence-corrected chi connectivity index (χ0v) is 7.60. The molecule has 2 fully saturated rings. The van der Waals surface area contributed by atoms with E-state index in [1.54, 1.807) is 0 Å². The Morgan fingerprint density at radius 1 is 1.25 bits per heavy atom. The Morgan fingerprint density at radius 2 is 1.92 bits per heavy atom. The molecule has 12 heavy (non-hydrogen) atoms. The van der Waals surface area contributed by atoms with Crippen LogP contribution in [0.15, 0.2) is 0 Å². The van der Waals surface area contributed by atoms with Crippen molar-refractivity contribution in [3.8, 4) is 0 Å². The third-order valence-electron chi connectivity index (χ3n) is 3.93. The number of fused-ring (bicyclic) bond motifs is 1. The summed E-state index contributed by atoms with van der Waals surface area (Å²) in [6.45, 7) is 1.95. The summed E-state index contributed by atoms with van der Waals surface area (Å²) in [6, 6.07) is 0. The van der Waals surface area contributed by atoms with Crippen molar-refractivity contribution < 1.29 is 9.90 Å². The molecular formula is C10H16O2. The predicted octanol–water partition coefficient (Wildman–Crippen LogP) is 1.66. The van der Waals surface area contributed by atoms with E-state index in [1.165, 1.54) is 0 Å². The van der Waals surface area contributed by atoms with E-state index in [9.17, 15) is 9.90 Å². The molecule has 0 spiro atoms. The van der Waals surface area contributed by atoms with Gasteiger partial charge in [-0.05, 0) is 26.2 Å². The molecule has 2 aliphatic carbocycles. The maximum atomic E-state index is 11.6. The van der Waals surface area contributed by atoms with E-state index in [0.717, 1.165) is 25.7 Å². The zero-order chi connectivity index (χ0) is 8.82. The van der Waals surface area contributed by atoms with Gasteiger partial charge >= 0.3 is 0 Å². The van der Waals surface area contributed by atoms with Crippen LogP contribution < -0.4 is 0 Å². The molecule has 0 aromatic rings. The number of aliphatic hydroxyl groups is 1. The second kappa shape index (κ2) is 2.32. The van der Waals surface area contributed by atoms with Crippen molar-refractivity contribution in [2.75, 3.05) is 0 Å². The average molecular weight is 168 g/mol. The molecule has 0 radical (unpaired) electrons. The van der Waals surface area contributed by atoms with Gasteiger partial charge in [-0.3, -0.25) is 4.79 Å². The first-order valence-electron chi connectivity index (χ1n) is 4.84. The van der Waals surface area contributed by atoms with Gasteiger partial charge in [0.25, 0.3) is 0 Å². The second-order valence-electron chi connectivity index (χ2n) is 4.49. The lowest BCUT2D eigenvalue weighted by molar-refractivity contribution is -0.140. The Hall–Kier alpha value is -0.370. The number of carbonyl (C=O) groups is 1. The van der Waals surface area contributed by atoms with E-state index in [1.807, 2.05) is 6.92 Å². The molecule has 0 heterocycles.